The third-order valence-corrected chi connectivity index (χ3v) is 15.2. The molecule has 0 radical (unpaired) electrons. The fraction of sp³-hybridized carbons (Fsp3) is 0.0137. The number of hydrogen-bond acceptors (Lipinski definition) is 4. The zero-order valence-electron chi connectivity index (χ0n) is 43.4. The summed E-state index contributed by atoms with van der Waals surface area (Å²) < 4.78 is 46.0. The lowest BCUT2D eigenvalue weighted by molar-refractivity contribution is -0.145. The maximum atomic E-state index is 15.0. The van der Waals surface area contributed by atoms with Crippen LogP contribution < -0.4 is 0 Å². The van der Waals surface area contributed by atoms with Crippen molar-refractivity contribution in [1.82, 2.24) is 24.3 Å². The summed E-state index contributed by atoms with van der Waals surface area (Å²) in [7, 11) is 0. The maximum Gasteiger partial charge on any atom is 0.450 e. The predicted octanol–water partition coefficient (Wildman–Crippen LogP) is 19.5. The molecule has 0 aliphatic heterocycles. The molecule has 0 unspecified atom stereocenters. The van der Waals surface area contributed by atoms with Gasteiger partial charge in [0.25, 0.3) is 0 Å². The Morgan fingerprint density at radius 1 is 0.284 bits per heavy atom. The first-order valence-electron chi connectivity index (χ1n) is 26.7. The van der Waals surface area contributed by atoms with Gasteiger partial charge in [-0.1, -0.05) is 206 Å². The third-order valence-electron chi connectivity index (χ3n) is 15.2. The van der Waals surface area contributed by atoms with Gasteiger partial charge in [0.1, 0.15) is 5.65 Å². The molecule has 14 aromatic rings. The average Bonchev–Trinajstić information content (AvgIpc) is 4.18. The van der Waals surface area contributed by atoms with Crippen molar-refractivity contribution in [2.75, 3.05) is 0 Å². The number of rotatable bonds is 10. The number of hydrogen-bond donors (Lipinski definition) is 0. The second-order valence-corrected chi connectivity index (χ2v) is 20.1. The number of alkyl halides is 3. The fourth-order valence-corrected chi connectivity index (χ4v) is 11.2. The lowest BCUT2D eigenvalue weighted by Crippen LogP contribution is -2.14. The largest absolute Gasteiger partial charge is 0.450 e. The summed E-state index contributed by atoms with van der Waals surface area (Å²) in [4.78, 5) is 19.0. The molecule has 0 saturated heterocycles. The summed E-state index contributed by atoms with van der Waals surface area (Å²) >= 11 is 0. The normalized spacial score (nSPS) is 11.6. The van der Waals surface area contributed by atoms with E-state index in [1.807, 2.05) is 73.1 Å². The zero-order chi connectivity index (χ0) is 54.4. The number of halogens is 3. The Kier molecular flexibility index (Phi) is 12.2. The Bertz CT molecular complexity index is 4650. The van der Waals surface area contributed by atoms with Crippen molar-refractivity contribution in [3.05, 3.63) is 285 Å². The maximum absolute atomic E-state index is 15.0. The van der Waals surface area contributed by atoms with Gasteiger partial charge in [-0.05, 0) is 139 Å². The van der Waals surface area contributed by atoms with Gasteiger partial charge < -0.3 is 0 Å². The van der Waals surface area contributed by atoms with E-state index >= 15 is 0 Å². The van der Waals surface area contributed by atoms with Gasteiger partial charge in [-0.2, -0.15) is 13.2 Å². The van der Waals surface area contributed by atoms with Gasteiger partial charge >= 0.3 is 6.18 Å². The molecule has 4 aromatic heterocycles. The molecule has 0 saturated carbocycles. The van der Waals surface area contributed by atoms with E-state index in [-0.39, 0.29) is 11.2 Å². The summed E-state index contributed by atoms with van der Waals surface area (Å²) in [5.74, 6) is -1.02. The number of para-hydroxylation sites is 2. The Balaban J connectivity index is 0.880. The molecule has 0 N–H and O–H groups in total. The Hall–Kier alpha value is -10.6. The smallest absolute Gasteiger partial charge is 0.272 e. The van der Waals surface area contributed by atoms with Crippen molar-refractivity contribution in [3.8, 4) is 112 Å². The first-order chi connectivity index (χ1) is 39.8. The van der Waals surface area contributed by atoms with Crippen molar-refractivity contribution in [3.63, 3.8) is 0 Å². The average molecular weight is 1050 g/mol. The highest BCUT2D eigenvalue weighted by atomic mass is 19.4. The van der Waals surface area contributed by atoms with E-state index in [0.29, 0.717) is 22.0 Å². The zero-order valence-corrected chi connectivity index (χ0v) is 43.4. The van der Waals surface area contributed by atoms with Crippen LogP contribution in [0.5, 0.6) is 0 Å². The van der Waals surface area contributed by atoms with E-state index in [2.05, 4.69) is 181 Å². The van der Waals surface area contributed by atoms with Gasteiger partial charge in [0.05, 0.1) is 27.9 Å². The molecule has 0 aliphatic rings. The Morgan fingerprint density at radius 2 is 0.691 bits per heavy atom. The van der Waals surface area contributed by atoms with Gasteiger partial charge in [-0.15, -0.1) is 0 Å². The Labute approximate surface area is 465 Å². The van der Waals surface area contributed by atoms with E-state index in [1.165, 1.54) is 11.1 Å². The number of nitrogens with zero attached hydrogens (tertiary/aromatic N) is 5. The van der Waals surface area contributed by atoms with E-state index in [9.17, 15) is 13.2 Å². The molecule has 0 fully saturated rings. The van der Waals surface area contributed by atoms with Crippen LogP contribution in [0.4, 0.5) is 13.2 Å². The van der Waals surface area contributed by atoms with E-state index in [1.54, 1.807) is 30.3 Å². The lowest BCUT2D eigenvalue weighted by Gasteiger charge is -2.18. The standard InChI is InChI=1S/C73H46F3N5/c74-73(75,76)72-80-69-44-52(34-37-65(69)71-79-68-28-13-14-29-70(68)81(71)72)59-22-7-10-25-62(59)56-41-57(63-26-11-8-23-60(63)54-35-38-66(77-45-54)50-18-5-2-6-19-50)43-58(42-56)64-27-12-9-24-61(64)55-36-39-67(78-46-55)53-21-15-20-51(40-53)49-32-30-48(31-33-49)47-16-3-1-4-17-47/h1-46H. The molecule has 0 aliphatic carbocycles. The highest BCUT2D eigenvalue weighted by Gasteiger charge is 2.37. The summed E-state index contributed by atoms with van der Waals surface area (Å²) in [5.41, 5.74) is 20.9. The van der Waals surface area contributed by atoms with Crippen LogP contribution in [0.25, 0.3) is 139 Å². The van der Waals surface area contributed by atoms with Crippen LogP contribution >= 0.6 is 0 Å². The van der Waals surface area contributed by atoms with Gasteiger partial charge in [-0.25, -0.2) is 9.97 Å². The molecule has 4 heterocycles. The summed E-state index contributed by atoms with van der Waals surface area (Å²) in [6.45, 7) is 0. The first kappa shape index (κ1) is 48.8. The minimum absolute atomic E-state index is 0.197. The molecule has 0 atom stereocenters. The minimum Gasteiger partial charge on any atom is -0.272 e. The first-order valence-corrected chi connectivity index (χ1v) is 26.7. The molecule has 0 bridgehead atoms. The molecule has 8 heteroatoms. The number of imidazole rings is 1. The SMILES string of the molecule is FC(F)(F)c1nc2cc(-c3ccccc3-c3cc(-c4ccccc4-c4ccc(-c5ccccc5)nc4)cc(-c4ccccc4-c4ccc(-c5cccc(-c6ccc(-c7ccccc7)cc6)c5)nc4)c3)ccc2c2nc3ccccc3n12. The molecule has 0 amide bonds. The van der Waals surface area contributed by atoms with Crippen LogP contribution in [-0.4, -0.2) is 24.3 Å². The number of aromatic nitrogens is 5. The molecule has 0 spiro atoms. The Morgan fingerprint density at radius 3 is 1.23 bits per heavy atom. The third kappa shape index (κ3) is 9.28. The predicted molar refractivity (Wildman–Crippen MR) is 323 cm³/mol. The van der Waals surface area contributed by atoms with Crippen molar-refractivity contribution in [2.24, 2.45) is 0 Å². The summed E-state index contributed by atoms with van der Waals surface area (Å²) in [6, 6.07) is 90.0. The minimum atomic E-state index is -4.74. The van der Waals surface area contributed by atoms with Crippen LogP contribution in [0, 0.1) is 0 Å². The van der Waals surface area contributed by atoms with Crippen molar-refractivity contribution >= 4 is 27.6 Å². The van der Waals surface area contributed by atoms with Crippen LogP contribution in [-0.2, 0) is 6.18 Å². The van der Waals surface area contributed by atoms with E-state index in [0.717, 1.165) is 99.2 Å². The molecule has 5 nitrogen and oxygen atoms in total. The van der Waals surface area contributed by atoms with Crippen LogP contribution in [0.3, 0.4) is 0 Å². The van der Waals surface area contributed by atoms with Gasteiger partial charge in [0.15, 0.2) is 0 Å². The lowest BCUT2D eigenvalue weighted by atomic mass is 9.86. The van der Waals surface area contributed by atoms with Crippen molar-refractivity contribution in [2.45, 2.75) is 6.18 Å². The molecule has 384 valence electrons. The molecular weight excluding hydrogens is 1000 g/mol. The van der Waals surface area contributed by atoms with Crippen molar-refractivity contribution in [1.29, 1.82) is 0 Å². The number of pyridine rings is 2. The quantitative estimate of drug-likeness (QED) is 0.137. The van der Waals surface area contributed by atoms with Crippen LogP contribution in [0.15, 0.2) is 279 Å². The monoisotopic (exact) mass is 1050 g/mol. The van der Waals surface area contributed by atoms with Crippen molar-refractivity contribution < 1.29 is 13.2 Å². The summed E-state index contributed by atoms with van der Waals surface area (Å²) in [5, 5.41) is 0.519. The van der Waals surface area contributed by atoms with Crippen LogP contribution in [0.2, 0.25) is 0 Å². The molecular formula is C73H46F3N5. The molecule has 81 heavy (non-hydrogen) atoms. The summed E-state index contributed by atoms with van der Waals surface area (Å²) in [6.07, 6.45) is -0.853. The van der Waals surface area contributed by atoms with Crippen LogP contribution in [0.1, 0.15) is 5.82 Å². The van der Waals surface area contributed by atoms with Gasteiger partial charge in [-0.3, -0.25) is 14.4 Å². The molecule has 14 rings (SSSR count). The molecule has 10 aromatic carbocycles. The number of benzene rings is 10. The highest BCUT2D eigenvalue weighted by molar-refractivity contribution is 6.00. The second kappa shape index (κ2) is 20.3. The van der Waals surface area contributed by atoms with E-state index in [4.69, 9.17) is 15.0 Å². The number of fused-ring (bicyclic) bond motifs is 5. The second-order valence-electron chi connectivity index (χ2n) is 20.1. The highest BCUT2D eigenvalue weighted by Crippen LogP contribution is 2.44. The van der Waals surface area contributed by atoms with E-state index < -0.39 is 12.0 Å². The van der Waals surface area contributed by atoms with Gasteiger partial charge in [0, 0.05) is 40.0 Å². The topological polar surface area (TPSA) is 56.0 Å². The van der Waals surface area contributed by atoms with Gasteiger partial charge in [0.2, 0.25) is 5.82 Å². The fourth-order valence-electron chi connectivity index (χ4n) is 11.2.